The van der Waals surface area contributed by atoms with Gasteiger partial charge in [0.25, 0.3) is 0 Å². The summed E-state index contributed by atoms with van der Waals surface area (Å²) in [7, 11) is 3.22. The SMILES string of the molecule is COC(CNc1ncnc2ccsc12)OC. The molecule has 0 aliphatic carbocycles. The topological polar surface area (TPSA) is 56.3 Å². The van der Waals surface area contributed by atoms with Crippen molar-refractivity contribution in [2.45, 2.75) is 6.29 Å². The van der Waals surface area contributed by atoms with Gasteiger partial charge in [0.1, 0.15) is 12.1 Å². The number of hydrogen-bond donors (Lipinski definition) is 1. The van der Waals surface area contributed by atoms with Crippen molar-refractivity contribution in [1.29, 1.82) is 0 Å². The minimum atomic E-state index is -0.273. The van der Waals surface area contributed by atoms with Crippen molar-refractivity contribution in [2.24, 2.45) is 0 Å². The first-order chi connectivity index (χ1) is 7.85. The van der Waals surface area contributed by atoms with Gasteiger partial charge in [-0.3, -0.25) is 0 Å². The number of hydrogen-bond acceptors (Lipinski definition) is 6. The molecule has 86 valence electrons. The van der Waals surface area contributed by atoms with Gasteiger partial charge in [-0.2, -0.15) is 0 Å². The minimum Gasteiger partial charge on any atom is -0.364 e. The molecule has 2 rings (SSSR count). The van der Waals surface area contributed by atoms with Gasteiger partial charge < -0.3 is 14.8 Å². The molecule has 2 aromatic heterocycles. The van der Waals surface area contributed by atoms with Crippen LogP contribution in [0.15, 0.2) is 17.8 Å². The monoisotopic (exact) mass is 239 g/mol. The molecule has 2 heterocycles. The molecule has 1 N–H and O–H groups in total. The summed E-state index contributed by atoms with van der Waals surface area (Å²) in [6, 6.07) is 1.97. The number of fused-ring (bicyclic) bond motifs is 1. The molecular formula is C10H13N3O2S. The predicted molar refractivity (Wildman–Crippen MR) is 63.7 cm³/mol. The average molecular weight is 239 g/mol. The summed E-state index contributed by atoms with van der Waals surface area (Å²) in [6.45, 7) is 0.553. The van der Waals surface area contributed by atoms with Crippen molar-refractivity contribution in [1.82, 2.24) is 9.97 Å². The van der Waals surface area contributed by atoms with Crippen molar-refractivity contribution in [3.8, 4) is 0 Å². The standard InChI is InChI=1S/C10H13N3O2S/c1-14-8(15-2)5-11-10-9-7(3-4-16-9)12-6-13-10/h3-4,6,8H,5H2,1-2H3,(H,11,12,13). The normalized spacial score (nSPS) is 11.2. The van der Waals surface area contributed by atoms with E-state index in [1.54, 1.807) is 31.9 Å². The molecule has 0 atom stereocenters. The molecule has 0 fully saturated rings. The summed E-state index contributed by atoms with van der Waals surface area (Å²) >= 11 is 1.61. The Balaban J connectivity index is 2.11. The molecule has 0 radical (unpaired) electrons. The maximum absolute atomic E-state index is 5.09. The van der Waals surface area contributed by atoms with Crippen LogP contribution in [-0.2, 0) is 9.47 Å². The van der Waals surface area contributed by atoms with E-state index in [0.717, 1.165) is 16.0 Å². The first-order valence-corrected chi connectivity index (χ1v) is 5.70. The highest BCUT2D eigenvalue weighted by atomic mass is 32.1. The van der Waals surface area contributed by atoms with Crippen LogP contribution in [0.3, 0.4) is 0 Å². The van der Waals surface area contributed by atoms with E-state index in [1.165, 1.54) is 0 Å². The van der Waals surface area contributed by atoms with Crippen molar-refractivity contribution in [3.63, 3.8) is 0 Å². The Kier molecular flexibility index (Phi) is 3.66. The van der Waals surface area contributed by atoms with E-state index < -0.39 is 0 Å². The molecule has 0 saturated heterocycles. The van der Waals surface area contributed by atoms with E-state index in [4.69, 9.17) is 9.47 Å². The van der Waals surface area contributed by atoms with E-state index in [0.29, 0.717) is 6.54 Å². The lowest BCUT2D eigenvalue weighted by Gasteiger charge is -2.14. The largest absolute Gasteiger partial charge is 0.364 e. The zero-order valence-corrected chi connectivity index (χ0v) is 9.95. The number of nitrogens with one attached hydrogen (secondary N) is 1. The molecule has 0 aliphatic heterocycles. The smallest absolute Gasteiger partial charge is 0.173 e. The van der Waals surface area contributed by atoms with Gasteiger partial charge in [0.2, 0.25) is 0 Å². The fraction of sp³-hybridized carbons (Fsp3) is 0.400. The van der Waals surface area contributed by atoms with Crippen LogP contribution >= 0.6 is 11.3 Å². The Morgan fingerprint density at radius 1 is 1.38 bits per heavy atom. The van der Waals surface area contributed by atoms with Crippen LogP contribution in [0.25, 0.3) is 10.2 Å². The summed E-state index contributed by atoms with van der Waals surface area (Å²) in [4.78, 5) is 8.36. The van der Waals surface area contributed by atoms with E-state index in [1.807, 2.05) is 11.4 Å². The molecule has 0 amide bonds. The Labute approximate surface area is 97.4 Å². The molecule has 6 heteroatoms. The summed E-state index contributed by atoms with van der Waals surface area (Å²) in [5.74, 6) is 0.819. The highest BCUT2D eigenvalue weighted by molar-refractivity contribution is 7.17. The molecule has 5 nitrogen and oxygen atoms in total. The van der Waals surface area contributed by atoms with Crippen LogP contribution in [0.2, 0.25) is 0 Å². The number of methoxy groups -OCH3 is 2. The minimum absolute atomic E-state index is 0.273. The van der Waals surface area contributed by atoms with Gasteiger partial charge in [-0.1, -0.05) is 0 Å². The Hall–Kier alpha value is -1.24. The summed E-state index contributed by atoms with van der Waals surface area (Å²) in [6.07, 6.45) is 1.27. The van der Waals surface area contributed by atoms with Crippen LogP contribution in [-0.4, -0.2) is 37.0 Å². The van der Waals surface area contributed by atoms with Gasteiger partial charge in [-0.25, -0.2) is 9.97 Å². The molecule has 0 aromatic carbocycles. The molecule has 0 bridgehead atoms. The molecule has 0 saturated carbocycles. The fourth-order valence-electron chi connectivity index (χ4n) is 1.36. The van der Waals surface area contributed by atoms with Crippen molar-refractivity contribution >= 4 is 27.4 Å². The maximum Gasteiger partial charge on any atom is 0.173 e. The first kappa shape index (κ1) is 11.3. The molecule has 16 heavy (non-hydrogen) atoms. The third-order valence-corrected chi connectivity index (χ3v) is 3.12. The Bertz CT molecular complexity index is 456. The second kappa shape index (κ2) is 5.20. The number of aromatic nitrogens is 2. The lowest BCUT2D eigenvalue weighted by Crippen LogP contribution is -2.24. The number of rotatable bonds is 5. The number of nitrogens with zero attached hydrogens (tertiary/aromatic N) is 2. The van der Waals surface area contributed by atoms with E-state index in [-0.39, 0.29) is 6.29 Å². The molecule has 0 spiro atoms. The fourth-order valence-corrected chi connectivity index (χ4v) is 2.17. The molecule has 0 unspecified atom stereocenters. The van der Waals surface area contributed by atoms with E-state index in [9.17, 15) is 0 Å². The van der Waals surface area contributed by atoms with Crippen LogP contribution in [0.5, 0.6) is 0 Å². The first-order valence-electron chi connectivity index (χ1n) is 4.83. The summed E-state index contributed by atoms with van der Waals surface area (Å²) < 4.78 is 11.2. The van der Waals surface area contributed by atoms with Gasteiger partial charge in [0.05, 0.1) is 16.8 Å². The maximum atomic E-state index is 5.09. The van der Waals surface area contributed by atoms with Gasteiger partial charge in [0, 0.05) is 14.2 Å². The van der Waals surface area contributed by atoms with Gasteiger partial charge in [-0.15, -0.1) is 11.3 Å². The van der Waals surface area contributed by atoms with Gasteiger partial charge in [0.15, 0.2) is 6.29 Å². The highest BCUT2D eigenvalue weighted by Crippen LogP contribution is 2.24. The van der Waals surface area contributed by atoms with Crippen molar-refractivity contribution < 1.29 is 9.47 Å². The molecule has 0 aliphatic rings. The summed E-state index contributed by atoms with van der Waals surface area (Å²) in [5, 5.41) is 5.18. The average Bonchev–Trinajstić information content (AvgIpc) is 2.79. The predicted octanol–water partition coefficient (Wildman–Crippen LogP) is 1.72. The zero-order chi connectivity index (χ0) is 11.4. The third-order valence-electron chi connectivity index (χ3n) is 2.21. The van der Waals surface area contributed by atoms with Crippen LogP contribution in [0.1, 0.15) is 0 Å². The van der Waals surface area contributed by atoms with Crippen molar-refractivity contribution in [3.05, 3.63) is 17.8 Å². The lowest BCUT2D eigenvalue weighted by molar-refractivity contribution is -0.0914. The van der Waals surface area contributed by atoms with Crippen LogP contribution < -0.4 is 5.32 Å². The number of ether oxygens (including phenoxy) is 2. The summed E-state index contributed by atoms with van der Waals surface area (Å²) in [5.41, 5.74) is 0.953. The third kappa shape index (κ3) is 2.29. The van der Waals surface area contributed by atoms with E-state index in [2.05, 4.69) is 15.3 Å². The lowest BCUT2D eigenvalue weighted by atomic mass is 10.4. The number of anilines is 1. The van der Waals surface area contributed by atoms with Crippen molar-refractivity contribution in [2.75, 3.05) is 26.1 Å². The van der Waals surface area contributed by atoms with Gasteiger partial charge >= 0.3 is 0 Å². The number of thiophene rings is 1. The second-order valence-electron chi connectivity index (χ2n) is 3.14. The Morgan fingerprint density at radius 2 is 2.19 bits per heavy atom. The van der Waals surface area contributed by atoms with E-state index >= 15 is 0 Å². The van der Waals surface area contributed by atoms with Crippen LogP contribution in [0.4, 0.5) is 5.82 Å². The second-order valence-corrected chi connectivity index (χ2v) is 4.06. The van der Waals surface area contributed by atoms with Crippen LogP contribution in [0, 0.1) is 0 Å². The molecular weight excluding hydrogens is 226 g/mol. The zero-order valence-electron chi connectivity index (χ0n) is 9.14. The Morgan fingerprint density at radius 3 is 2.94 bits per heavy atom. The highest BCUT2D eigenvalue weighted by Gasteiger charge is 2.08. The quantitative estimate of drug-likeness (QED) is 0.805. The molecule has 2 aromatic rings. The van der Waals surface area contributed by atoms with Gasteiger partial charge in [-0.05, 0) is 11.4 Å².